The molecule has 0 N–H and O–H groups in total. The highest BCUT2D eigenvalue weighted by Gasteiger charge is 2.20. The van der Waals surface area contributed by atoms with Crippen molar-refractivity contribution in [2.75, 3.05) is 0 Å². The quantitative estimate of drug-likeness (QED) is 0.181. The first kappa shape index (κ1) is 25.2. The van der Waals surface area contributed by atoms with E-state index in [0.29, 0.717) is 21.9 Å². The topological polar surface area (TPSA) is 34.6 Å². The maximum absolute atomic E-state index is 13.7. The minimum absolute atomic E-state index is 0.00401. The van der Waals surface area contributed by atoms with Gasteiger partial charge in [0.05, 0.1) is 27.3 Å². The Kier molecular flexibility index (Phi) is 4.87. The molecule has 0 unspecified atom stereocenters. The van der Waals surface area contributed by atoms with Gasteiger partial charge in [-0.05, 0) is 64.7 Å². The molecule has 0 saturated heterocycles. The SMILES string of the molecule is O=c1c2ccccc2oc2cccc(-c3ccc4c(c3)sc3cc(-c5cccc6c5c5cccc7c8ccccc8n6c75)ccc34)c12. The second-order valence-electron chi connectivity index (χ2n) is 12.4. The molecule has 0 aliphatic rings. The number of hydrogen-bond donors (Lipinski definition) is 0. The maximum atomic E-state index is 13.7. The van der Waals surface area contributed by atoms with E-state index in [0.717, 1.165) is 11.1 Å². The first-order valence-electron chi connectivity index (χ1n) is 15.8. The monoisotopic (exact) mass is 617 g/mol. The Morgan fingerprint density at radius 3 is 1.87 bits per heavy atom. The highest BCUT2D eigenvalue weighted by atomic mass is 32.1. The zero-order valence-electron chi connectivity index (χ0n) is 25.0. The van der Waals surface area contributed by atoms with Crippen molar-refractivity contribution in [1.82, 2.24) is 4.40 Å². The molecule has 0 bridgehead atoms. The van der Waals surface area contributed by atoms with Crippen LogP contribution in [0.3, 0.4) is 0 Å². The highest BCUT2D eigenvalue weighted by Crippen LogP contribution is 2.44. The normalized spacial score (nSPS) is 12.3. The molecule has 0 radical (unpaired) electrons. The second-order valence-corrected chi connectivity index (χ2v) is 13.5. The summed E-state index contributed by atoms with van der Waals surface area (Å²) in [5.41, 5.74) is 9.38. The van der Waals surface area contributed by atoms with Gasteiger partial charge in [-0.2, -0.15) is 0 Å². The van der Waals surface area contributed by atoms with E-state index in [1.807, 2.05) is 42.5 Å². The predicted molar refractivity (Wildman–Crippen MR) is 198 cm³/mol. The number of para-hydroxylation sites is 3. The maximum Gasteiger partial charge on any atom is 0.201 e. The molecule has 11 rings (SSSR count). The van der Waals surface area contributed by atoms with Crippen molar-refractivity contribution in [1.29, 1.82) is 0 Å². The van der Waals surface area contributed by atoms with Crippen LogP contribution in [0.15, 0.2) is 149 Å². The molecule has 47 heavy (non-hydrogen) atoms. The summed E-state index contributed by atoms with van der Waals surface area (Å²) in [6, 6.07) is 48.9. The van der Waals surface area contributed by atoms with Crippen molar-refractivity contribution in [2.45, 2.75) is 0 Å². The van der Waals surface area contributed by atoms with E-state index < -0.39 is 0 Å². The van der Waals surface area contributed by atoms with Crippen LogP contribution >= 0.6 is 11.3 Å². The van der Waals surface area contributed by atoms with Crippen molar-refractivity contribution in [3.05, 3.63) is 150 Å². The lowest BCUT2D eigenvalue weighted by Crippen LogP contribution is -2.03. The summed E-state index contributed by atoms with van der Waals surface area (Å²) in [5, 5.41) is 8.88. The largest absolute Gasteiger partial charge is 0.456 e. The Bertz CT molecular complexity index is 3160. The minimum Gasteiger partial charge on any atom is -0.456 e. The average Bonchev–Trinajstić information content (AvgIpc) is 3.78. The Balaban J connectivity index is 1.11. The van der Waals surface area contributed by atoms with Crippen LogP contribution in [0.2, 0.25) is 0 Å². The van der Waals surface area contributed by atoms with Crippen molar-refractivity contribution in [3.8, 4) is 22.3 Å². The van der Waals surface area contributed by atoms with Crippen LogP contribution < -0.4 is 5.43 Å². The average molecular weight is 618 g/mol. The molecule has 0 saturated carbocycles. The fraction of sp³-hybridized carbons (Fsp3) is 0. The molecule has 218 valence electrons. The van der Waals surface area contributed by atoms with Crippen LogP contribution in [0, 0.1) is 0 Å². The molecule has 0 atom stereocenters. The van der Waals surface area contributed by atoms with Gasteiger partial charge in [0.15, 0.2) is 0 Å². The fourth-order valence-electron chi connectivity index (χ4n) is 7.92. The molecular formula is C43H23NO2S. The molecule has 4 heterocycles. The molecule has 0 fully saturated rings. The number of fused-ring (bicyclic) bond motifs is 11. The molecule has 4 aromatic heterocycles. The van der Waals surface area contributed by atoms with E-state index in [2.05, 4.69) is 101 Å². The molecule has 7 aromatic carbocycles. The summed E-state index contributed by atoms with van der Waals surface area (Å²) in [6.45, 7) is 0. The summed E-state index contributed by atoms with van der Waals surface area (Å²) in [6.07, 6.45) is 0. The summed E-state index contributed by atoms with van der Waals surface area (Å²) >= 11 is 1.80. The van der Waals surface area contributed by atoms with Gasteiger partial charge in [-0.1, -0.05) is 97.1 Å². The van der Waals surface area contributed by atoms with E-state index in [4.69, 9.17) is 4.42 Å². The van der Waals surface area contributed by atoms with Gasteiger partial charge in [-0.15, -0.1) is 11.3 Å². The molecule has 0 amide bonds. The number of rotatable bonds is 2. The van der Waals surface area contributed by atoms with E-state index in [9.17, 15) is 4.79 Å². The summed E-state index contributed by atoms with van der Waals surface area (Å²) in [5.74, 6) is 0. The van der Waals surface area contributed by atoms with E-state index >= 15 is 0 Å². The highest BCUT2D eigenvalue weighted by molar-refractivity contribution is 7.25. The number of benzene rings is 7. The third kappa shape index (κ3) is 3.32. The van der Waals surface area contributed by atoms with Crippen LogP contribution in [-0.4, -0.2) is 4.40 Å². The second kappa shape index (κ2) is 9.06. The number of hydrogen-bond acceptors (Lipinski definition) is 3. The van der Waals surface area contributed by atoms with Gasteiger partial charge in [-0.25, -0.2) is 0 Å². The Labute approximate surface area is 271 Å². The fourth-order valence-corrected chi connectivity index (χ4v) is 9.10. The lowest BCUT2D eigenvalue weighted by molar-refractivity contribution is 0.660. The van der Waals surface area contributed by atoms with Crippen LogP contribution in [0.4, 0.5) is 0 Å². The van der Waals surface area contributed by atoms with Gasteiger partial charge in [0, 0.05) is 41.7 Å². The summed E-state index contributed by atoms with van der Waals surface area (Å²) in [4.78, 5) is 13.7. The molecular weight excluding hydrogens is 595 g/mol. The van der Waals surface area contributed by atoms with Gasteiger partial charge >= 0.3 is 0 Å². The molecule has 11 aromatic rings. The zero-order valence-corrected chi connectivity index (χ0v) is 25.8. The zero-order chi connectivity index (χ0) is 30.8. The smallest absolute Gasteiger partial charge is 0.201 e. The van der Waals surface area contributed by atoms with Gasteiger partial charge in [0.2, 0.25) is 5.43 Å². The third-order valence-corrected chi connectivity index (χ3v) is 11.1. The summed E-state index contributed by atoms with van der Waals surface area (Å²) < 4.78 is 11.1. The van der Waals surface area contributed by atoms with E-state index in [1.54, 1.807) is 11.3 Å². The first-order chi connectivity index (χ1) is 23.2. The lowest BCUT2D eigenvalue weighted by Gasteiger charge is -2.08. The number of aromatic nitrogens is 1. The van der Waals surface area contributed by atoms with Gasteiger partial charge < -0.3 is 8.82 Å². The van der Waals surface area contributed by atoms with Crippen molar-refractivity contribution in [2.24, 2.45) is 0 Å². The van der Waals surface area contributed by atoms with Gasteiger partial charge in [0.25, 0.3) is 0 Å². The number of nitrogens with zero attached hydrogens (tertiary/aromatic N) is 1. The Morgan fingerprint density at radius 2 is 1.06 bits per heavy atom. The molecule has 0 spiro atoms. The summed E-state index contributed by atoms with van der Waals surface area (Å²) in [7, 11) is 0. The molecule has 3 nitrogen and oxygen atoms in total. The number of thiophene rings is 1. The van der Waals surface area contributed by atoms with Crippen LogP contribution in [0.25, 0.3) is 102 Å². The van der Waals surface area contributed by atoms with Gasteiger partial charge in [-0.3, -0.25) is 4.79 Å². The van der Waals surface area contributed by atoms with Crippen LogP contribution in [0.5, 0.6) is 0 Å². The van der Waals surface area contributed by atoms with E-state index in [-0.39, 0.29) is 5.43 Å². The molecule has 4 heteroatoms. The van der Waals surface area contributed by atoms with Gasteiger partial charge in [0.1, 0.15) is 11.2 Å². The van der Waals surface area contributed by atoms with Crippen molar-refractivity contribution < 1.29 is 4.42 Å². The minimum atomic E-state index is 0.00401. The van der Waals surface area contributed by atoms with Crippen molar-refractivity contribution in [3.63, 3.8) is 0 Å². The van der Waals surface area contributed by atoms with E-state index in [1.165, 1.54) is 69.4 Å². The van der Waals surface area contributed by atoms with Crippen molar-refractivity contribution >= 4 is 91.5 Å². The Morgan fingerprint density at radius 1 is 0.468 bits per heavy atom. The lowest BCUT2D eigenvalue weighted by atomic mass is 9.97. The standard InChI is InChI=1S/C43H23NO2S/c45-43-32-9-2-4-16-36(32)46-37-17-7-11-27(41(37)43)25-19-21-30-29-20-18-24(22-38(29)47-39(30)23-25)26-10-6-15-35-40(26)33-13-5-12-31-28-8-1-3-14-34(28)44(35)42(31)33/h1-23H. The third-order valence-electron chi connectivity index (χ3n) is 9.95. The predicted octanol–water partition coefficient (Wildman–Crippen LogP) is 11.8. The first-order valence-corrected chi connectivity index (χ1v) is 16.6. The Hall–Kier alpha value is -5.97. The molecule has 0 aliphatic heterocycles. The molecule has 0 aliphatic carbocycles. The van der Waals surface area contributed by atoms with Crippen LogP contribution in [0.1, 0.15) is 0 Å². The van der Waals surface area contributed by atoms with Crippen LogP contribution in [-0.2, 0) is 0 Å².